The lowest BCUT2D eigenvalue weighted by Crippen LogP contribution is -2.04. The molecule has 0 spiro atoms. The second-order valence-corrected chi connectivity index (χ2v) is 6.32. The van der Waals surface area contributed by atoms with Crippen molar-refractivity contribution in [1.29, 1.82) is 0 Å². The van der Waals surface area contributed by atoms with E-state index in [0.29, 0.717) is 11.1 Å². The number of hydrogen-bond donors (Lipinski definition) is 1. The normalized spacial score (nSPS) is 16.5. The number of ketones is 1. The first-order valence-electron chi connectivity index (χ1n) is 7.58. The van der Waals surface area contributed by atoms with Gasteiger partial charge in [0, 0.05) is 17.9 Å². The van der Waals surface area contributed by atoms with Crippen molar-refractivity contribution >= 4 is 23.4 Å². The Labute approximate surface area is 151 Å². The molecule has 2 aromatic carbocycles. The standard InChI is InChI=1S/C18H12ClF3O4/c19-14-7-10(18(20,21)22)1-4-16(14)26-11-2-3-12-9(6-17(24)25)5-15(23)13(12)8-11/h1-4,7-9H,5-6H2,(H,24,25)/t9-/m0/s1. The molecule has 0 bridgehead atoms. The van der Waals surface area contributed by atoms with Gasteiger partial charge in [-0.15, -0.1) is 0 Å². The average Bonchev–Trinajstić information content (AvgIpc) is 2.83. The molecule has 136 valence electrons. The number of carboxylic acids is 1. The van der Waals surface area contributed by atoms with Crippen LogP contribution in [0.3, 0.4) is 0 Å². The van der Waals surface area contributed by atoms with Crippen LogP contribution < -0.4 is 4.74 Å². The average molecular weight is 385 g/mol. The van der Waals surface area contributed by atoms with Crippen LogP contribution in [0.1, 0.15) is 40.2 Å². The summed E-state index contributed by atoms with van der Waals surface area (Å²) in [5.41, 5.74) is 0.0931. The Balaban J connectivity index is 1.85. The van der Waals surface area contributed by atoms with E-state index in [1.165, 1.54) is 12.1 Å². The second-order valence-electron chi connectivity index (χ2n) is 5.92. The second kappa shape index (κ2) is 6.64. The number of benzene rings is 2. The number of aliphatic carboxylic acids is 1. The maximum absolute atomic E-state index is 12.7. The molecule has 1 atom stereocenters. The SMILES string of the molecule is O=C(O)C[C@@H]1CC(=O)c2cc(Oc3ccc(C(F)(F)F)cc3Cl)ccc21. The molecule has 0 heterocycles. The highest BCUT2D eigenvalue weighted by atomic mass is 35.5. The fourth-order valence-electron chi connectivity index (χ4n) is 2.92. The van der Waals surface area contributed by atoms with Crippen LogP contribution in [0.2, 0.25) is 5.02 Å². The lowest BCUT2D eigenvalue weighted by atomic mass is 9.98. The van der Waals surface area contributed by atoms with Gasteiger partial charge in [-0.05, 0) is 35.9 Å². The van der Waals surface area contributed by atoms with Gasteiger partial charge >= 0.3 is 12.1 Å². The molecule has 3 rings (SSSR count). The summed E-state index contributed by atoms with van der Waals surface area (Å²) >= 11 is 5.85. The smallest absolute Gasteiger partial charge is 0.416 e. The van der Waals surface area contributed by atoms with E-state index in [4.69, 9.17) is 21.4 Å². The van der Waals surface area contributed by atoms with Crippen molar-refractivity contribution in [2.24, 2.45) is 0 Å². The van der Waals surface area contributed by atoms with Gasteiger partial charge in [0.05, 0.1) is 17.0 Å². The van der Waals surface area contributed by atoms with Crippen LogP contribution >= 0.6 is 11.6 Å². The number of carboxylic acid groups (broad SMARTS) is 1. The summed E-state index contributed by atoms with van der Waals surface area (Å²) < 4.78 is 43.5. The largest absolute Gasteiger partial charge is 0.481 e. The molecule has 0 fully saturated rings. The van der Waals surface area contributed by atoms with Crippen molar-refractivity contribution in [3.63, 3.8) is 0 Å². The van der Waals surface area contributed by atoms with Gasteiger partial charge in [-0.25, -0.2) is 0 Å². The molecule has 0 aliphatic heterocycles. The maximum atomic E-state index is 12.7. The molecule has 8 heteroatoms. The lowest BCUT2D eigenvalue weighted by Gasteiger charge is -2.12. The Bertz CT molecular complexity index is 892. The van der Waals surface area contributed by atoms with Gasteiger partial charge in [-0.2, -0.15) is 13.2 Å². The van der Waals surface area contributed by atoms with Crippen molar-refractivity contribution in [1.82, 2.24) is 0 Å². The first-order valence-corrected chi connectivity index (χ1v) is 7.96. The molecule has 1 aliphatic rings. The van der Waals surface area contributed by atoms with Crippen molar-refractivity contribution in [3.05, 3.63) is 58.1 Å². The molecule has 26 heavy (non-hydrogen) atoms. The van der Waals surface area contributed by atoms with Crippen molar-refractivity contribution < 1.29 is 32.6 Å². The van der Waals surface area contributed by atoms with E-state index in [9.17, 15) is 22.8 Å². The number of hydrogen-bond acceptors (Lipinski definition) is 3. The molecule has 0 unspecified atom stereocenters. The Kier molecular flexibility index (Phi) is 4.66. The molecular weight excluding hydrogens is 373 g/mol. The van der Waals surface area contributed by atoms with E-state index < -0.39 is 23.6 Å². The topological polar surface area (TPSA) is 63.6 Å². The molecule has 0 saturated heterocycles. The highest BCUT2D eigenvalue weighted by Crippen LogP contribution is 2.40. The van der Waals surface area contributed by atoms with E-state index in [1.54, 1.807) is 6.07 Å². The van der Waals surface area contributed by atoms with Gasteiger partial charge in [-0.3, -0.25) is 9.59 Å². The number of fused-ring (bicyclic) bond motifs is 1. The summed E-state index contributed by atoms with van der Waals surface area (Å²) in [4.78, 5) is 23.0. The molecule has 0 radical (unpaired) electrons. The zero-order chi connectivity index (χ0) is 19.1. The highest BCUT2D eigenvalue weighted by Gasteiger charge is 2.32. The number of rotatable bonds is 4. The van der Waals surface area contributed by atoms with Crippen LogP contribution in [0, 0.1) is 0 Å². The number of carbonyl (C=O) groups is 2. The Morgan fingerprint density at radius 1 is 1.23 bits per heavy atom. The Morgan fingerprint density at radius 3 is 2.58 bits per heavy atom. The summed E-state index contributed by atoms with van der Waals surface area (Å²) in [5, 5.41) is 8.70. The first-order chi connectivity index (χ1) is 12.1. The number of Topliss-reactive ketones (excluding diaryl/α,β-unsaturated/α-hetero) is 1. The molecule has 2 aromatic rings. The van der Waals surface area contributed by atoms with Crippen LogP contribution in [-0.4, -0.2) is 16.9 Å². The van der Waals surface area contributed by atoms with Gasteiger partial charge in [0.2, 0.25) is 0 Å². The molecule has 1 aliphatic carbocycles. The molecule has 0 aromatic heterocycles. The van der Waals surface area contributed by atoms with Crippen LogP contribution in [0.5, 0.6) is 11.5 Å². The van der Waals surface area contributed by atoms with E-state index in [0.717, 1.165) is 18.2 Å². The molecule has 0 amide bonds. The van der Waals surface area contributed by atoms with Crippen molar-refractivity contribution in [3.8, 4) is 11.5 Å². The summed E-state index contributed by atoms with van der Waals surface area (Å²) in [6.45, 7) is 0. The van der Waals surface area contributed by atoms with Crippen molar-refractivity contribution in [2.75, 3.05) is 0 Å². The first kappa shape index (κ1) is 18.3. The number of alkyl halides is 3. The van der Waals surface area contributed by atoms with Crippen molar-refractivity contribution in [2.45, 2.75) is 24.9 Å². The van der Waals surface area contributed by atoms with Gasteiger partial charge in [-0.1, -0.05) is 17.7 Å². The Hall–Kier alpha value is -2.54. The number of halogens is 4. The molecular formula is C18H12ClF3O4. The molecule has 0 saturated carbocycles. The van der Waals surface area contributed by atoms with Gasteiger partial charge in [0.15, 0.2) is 5.78 Å². The number of ether oxygens (including phenoxy) is 1. The summed E-state index contributed by atoms with van der Waals surface area (Å²) in [6.07, 6.45) is -4.56. The molecule has 4 nitrogen and oxygen atoms in total. The fraction of sp³-hybridized carbons (Fsp3) is 0.222. The summed E-state index contributed by atoms with van der Waals surface area (Å²) in [5.74, 6) is -1.33. The minimum Gasteiger partial charge on any atom is -0.481 e. The molecule has 1 N–H and O–H groups in total. The summed E-state index contributed by atoms with van der Waals surface area (Å²) in [6, 6.07) is 7.29. The van der Waals surface area contributed by atoms with Gasteiger partial charge in [0.1, 0.15) is 11.5 Å². The monoisotopic (exact) mass is 384 g/mol. The highest BCUT2D eigenvalue weighted by molar-refractivity contribution is 6.32. The Morgan fingerprint density at radius 2 is 1.96 bits per heavy atom. The van der Waals surface area contributed by atoms with Crippen LogP contribution in [-0.2, 0) is 11.0 Å². The number of carbonyl (C=O) groups excluding carboxylic acids is 1. The predicted molar refractivity (Wildman–Crippen MR) is 86.9 cm³/mol. The third-order valence-electron chi connectivity index (χ3n) is 4.10. The van der Waals surface area contributed by atoms with E-state index in [-0.39, 0.29) is 35.1 Å². The zero-order valence-corrected chi connectivity index (χ0v) is 13.9. The summed E-state index contributed by atoms with van der Waals surface area (Å²) in [7, 11) is 0. The van der Waals surface area contributed by atoms with Crippen LogP contribution in [0.25, 0.3) is 0 Å². The quantitative estimate of drug-likeness (QED) is 0.777. The minimum atomic E-state index is -4.51. The zero-order valence-electron chi connectivity index (χ0n) is 13.1. The van der Waals surface area contributed by atoms with E-state index in [2.05, 4.69) is 0 Å². The maximum Gasteiger partial charge on any atom is 0.416 e. The van der Waals surface area contributed by atoms with E-state index in [1.807, 2.05) is 0 Å². The predicted octanol–water partition coefficient (Wildman–Crippen LogP) is 5.30. The van der Waals surface area contributed by atoms with Crippen LogP contribution in [0.4, 0.5) is 13.2 Å². The van der Waals surface area contributed by atoms with Gasteiger partial charge < -0.3 is 9.84 Å². The lowest BCUT2D eigenvalue weighted by molar-refractivity contribution is -0.138. The van der Waals surface area contributed by atoms with E-state index >= 15 is 0 Å². The third-order valence-corrected chi connectivity index (χ3v) is 4.40. The van der Waals surface area contributed by atoms with Gasteiger partial charge in [0.25, 0.3) is 0 Å². The fourth-order valence-corrected chi connectivity index (χ4v) is 3.14. The minimum absolute atomic E-state index is 0.0205. The van der Waals surface area contributed by atoms with Crippen LogP contribution in [0.15, 0.2) is 36.4 Å². The third kappa shape index (κ3) is 3.67.